The summed E-state index contributed by atoms with van der Waals surface area (Å²) in [5.74, 6) is -0.732. The van der Waals surface area contributed by atoms with E-state index in [9.17, 15) is 13.6 Å². The molecule has 0 aliphatic carbocycles. The molecule has 0 bridgehead atoms. The van der Waals surface area contributed by atoms with E-state index in [1.54, 1.807) is 0 Å². The highest BCUT2D eigenvalue weighted by Gasteiger charge is 2.50. The smallest absolute Gasteiger partial charge is 0.388 e. The molecule has 1 aromatic carbocycles. The van der Waals surface area contributed by atoms with Gasteiger partial charge >= 0.3 is 6.61 Å². The van der Waals surface area contributed by atoms with Crippen molar-refractivity contribution in [3.63, 3.8) is 0 Å². The number of hydrogen-bond donors (Lipinski definition) is 2. The zero-order valence-electron chi connectivity index (χ0n) is 16.9. The Balaban J connectivity index is 1.61. The molecule has 1 saturated heterocycles. The summed E-state index contributed by atoms with van der Waals surface area (Å²) < 4.78 is 49.3. The number of ether oxygens (including phenoxy) is 2. The highest BCUT2D eigenvalue weighted by Crippen LogP contribution is 2.47. The Morgan fingerprint density at radius 3 is 2.91 bits per heavy atom. The van der Waals surface area contributed by atoms with E-state index >= 15 is 4.39 Å². The number of amidine groups is 1. The van der Waals surface area contributed by atoms with Crippen molar-refractivity contribution in [2.24, 2.45) is 22.6 Å². The van der Waals surface area contributed by atoms with Gasteiger partial charge in [0.1, 0.15) is 17.1 Å². The van der Waals surface area contributed by atoms with E-state index in [4.69, 9.17) is 10.5 Å². The van der Waals surface area contributed by atoms with Crippen LogP contribution >= 0.6 is 11.8 Å². The molecular formula is C20H20F3N5O3S. The molecule has 32 heavy (non-hydrogen) atoms. The maximum Gasteiger partial charge on any atom is 0.388 e. The first-order valence-corrected chi connectivity index (χ1v) is 10.7. The topological polar surface area (TPSA) is 112 Å². The highest BCUT2D eigenvalue weighted by molar-refractivity contribution is 8.13. The Bertz CT molecular complexity index is 1040. The van der Waals surface area contributed by atoms with Crippen molar-refractivity contribution >= 4 is 28.5 Å². The van der Waals surface area contributed by atoms with Crippen LogP contribution in [0.25, 0.3) is 0 Å². The molecule has 2 aromatic rings. The summed E-state index contributed by atoms with van der Waals surface area (Å²) in [6.07, 6.45) is 1.92. The van der Waals surface area contributed by atoms with Gasteiger partial charge in [-0.25, -0.2) is 19.4 Å². The number of aliphatic imine (C=N–C) groups is 1. The predicted molar refractivity (Wildman–Crippen MR) is 112 cm³/mol. The summed E-state index contributed by atoms with van der Waals surface area (Å²) in [6, 6.07) is 4.16. The van der Waals surface area contributed by atoms with Gasteiger partial charge in [-0.2, -0.15) is 8.78 Å². The van der Waals surface area contributed by atoms with Gasteiger partial charge in [-0.3, -0.25) is 4.79 Å². The number of anilines is 1. The van der Waals surface area contributed by atoms with E-state index in [2.05, 4.69) is 25.0 Å². The number of aromatic nitrogens is 2. The maximum absolute atomic E-state index is 15.0. The summed E-state index contributed by atoms with van der Waals surface area (Å²) in [6.45, 7) is -0.301. The Morgan fingerprint density at radius 1 is 1.38 bits per heavy atom. The van der Waals surface area contributed by atoms with Crippen molar-refractivity contribution in [1.29, 1.82) is 0 Å². The lowest BCUT2D eigenvalue weighted by Gasteiger charge is -2.47. The SMILES string of the molecule is C[C@@H]1COC[C@]2(c3cc(NC(=O)c4cnc(OC(F)F)cn4)ccc3F)N=C(N)SC[C@H]12. The average Bonchev–Trinajstić information content (AvgIpc) is 2.75. The van der Waals surface area contributed by atoms with Gasteiger partial charge in [0.15, 0.2) is 5.17 Å². The molecule has 170 valence electrons. The number of thioether (sulfide) groups is 1. The van der Waals surface area contributed by atoms with Gasteiger partial charge in [-0.1, -0.05) is 18.7 Å². The second-order valence-electron chi connectivity index (χ2n) is 7.55. The molecule has 3 atom stereocenters. The van der Waals surface area contributed by atoms with Crippen molar-refractivity contribution < 1.29 is 27.4 Å². The van der Waals surface area contributed by atoms with Crippen LogP contribution in [0.2, 0.25) is 0 Å². The normalized spacial score (nSPS) is 25.1. The molecule has 0 unspecified atom stereocenters. The molecule has 1 fully saturated rings. The molecule has 8 nitrogen and oxygen atoms in total. The molecule has 4 rings (SSSR count). The Morgan fingerprint density at radius 2 is 2.19 bits per heavy atom. The number of benzene rings is 1. The minimum Gasteiger partial charge on any atom is -0.415 e. The second kappa shape index (κ2) is 8.94. The Hall–Kier alpha value is -2.86. The number of amides is 1. The highest BCUT2D eigenvalue weighted by atomic mass is 32.2. The van der Waals surface area contributed by atoms with E-state index in [0.717, 1.165) is 12.4 Å². The fraction of sp³-hybridized carbons (Fsp3) is 0.400. The van der Waals surface area contributed by atoms with E-state index in [1.165, 1.54) is 30.0 Å². The van der Waals surface area contributed by atoms with Crippen LogP contribution in [0, 0.1) is 17.7 Å². The van der Waals surface area contributed by atoms with Crippen LogP contribution in [0.15, 0.2) is 35.6 Å². The minimum absolute atomic E-state index is 0.00208. The van der Waals surface area contributed by atoms with E-state index in [0.29, 0.717) is 23.2 Å². The quantitative estimate of drug-likeness (QED) is 0.695. The molecule has 0 spiro atoms. The number of nitrogens with zero attached hydrogens (tertiary/aromatic N) is 3. The number of rotatable bonds is 5. The number of nitrogens with two attached hydrogens (primary N) is 1. The molecule has 2 aliphatic rings. The van der Waals surface area contributed by atoms with Gasteiger partial charge in [-0.15, -0.1) is 0 Å². The summed E-state index contributed by atoms with van der Waals surface area (Å²) in [7, 11) is 0. The first-order chi connectivity index (χ1) is 15.3. The van der Waals surface area contributed by atoms with Crippen LogP contribution in [0.5, 0.6) is 5.88 Å². The summed E-state index contributed by atoms with van der Waals surface area (Å²) in [5.41, 5.74) is 5.45. The van der Waals surface area contributed by atoms with Crippen molar-refractivity contribution in [2.45, 2.75) is 19.1 Å². The molecule has 1 amide bonds. The molecule has 3 N–H and O–H groups in total. The first-order valence-electron chi connectivity index (χ1n) is 9.72. The van der Waals surface area contributed by atoms with Crippen LogP contribution in [-0.2, 0) is 10.3 Å². The number of hydrogen-bond acceptors (Lipinski definition) is 8. The summed E-state index contributed by atoms with van der Waals surface area (Å²) in [4.78, 5) is 24.5. The van der Waals surface area contributed by atoms with Crippen molar-refractivity contribution in [3.05, 3.63) is 47.7 Å². The molecular weight excluding hydrogens is 447 g/mol. The fourth-order valence-corrected chi connectivity index (χ4v) is 5.15. The lowest BCUT2D eigenvalue weighted by Crippen LogP contribution is -2.51. The summed E-state index contributed by atoms with van der Waals surface area (Å²) >= 11 is 1.43. The molecule has 2 aliphatic heterocycles. The number of fused-ring (bicyclic) bond motifs is 1. The van der Waals surface area contributed by atoms with Gasteiger partial charge in [0.05, 0.1) is 19.0 Å². The van der Waals surface area contributed by atoms with Crippen LogP contribution in [0.1, 0.15) is 23.0 Å². The minimum atomic E-state index is -3.05. The summed E-state index contributed by atoms with van der Waals surface area (Å²) in [5, 5.41) is 2.97. The lowest BCUT2D eigenvalue weighted by molar-refractivity contribution is -0.0531. The monoisotopic (exact) mass is 467 g/mol. The van der Waals surface area contributed by atoms with Gasteiger partial charge in [0.25, 0.3) is 5.91 Å². The predicted octanol–water partition coefficient (Wildman–Crippen LogP) is 3.01. The second-order valence-corrected chi connectivity index (χ2v) is 8.59. The molecule has 0 saturated carbocycles. The number of alkyl halides is 2. The third-order valence-electron chi connectivity index (χ3n) is 5.48. The zero-order valence-corrected chi connectivity index (χ0v) is 17.7. The number of halogens is 3. The molecule has 12 heteroatoms. The number of carbonyl (C=O) groups excluding carboxylic acids is 1. The van der Waals surface area contributed by atoms with Crippen LogP contribution in [0.4, 0.5) is 18.9 Å². The van der Waals surface area contributed by atoms with Crippen molar-refractivity contribution in [3.8, 4) is 5.88 Å². The molecule has 0 radical (unpaired) electrons. The van der Waals surface area contributed by atoms with Crippen molar-refractivity contribution in [2.75, 3.05) is 24.3 Å². The van der Waals surface area contributed by atoms with Gasteiger partial charge < -0.3 is 20.5 Å². The molecule has 1 aromatic heterocycles. The van der Waals surface area contributed by atoms with Crippen LogP contribution < -0.4 is 15.8 Å². The maximum atomic E-state index is 15.0. The third kappa shape index (κ3) is 4.37. The van der Waals surface area contributed by atoms with Crippen LogP contribution in [-0.4, -0.2) is 46.6 Å². The molecule has 3 heterocycles. The lowest BCUT2D eigenvalue weighted by atomic mass is 9.72. The average molecular weight is 467 g/mol. The largest absolute Gasteiger partial charge is 0.415 e. The zero-order chi connectivity index (χ0) is 22.9. The number of nitrogens with one attached hydrogen (secondary N) is 1. The van der Waals surface area contributed by atoms with Gasteiger partial charge in [0, 0.05) is 29.5 Å². The number of carbonyl (C=O) groups is 1. The van der Waals surface area contributed by atoms with E-state index < -0.39 is 29.8 Å². The standard InChI is InChI=1S/C20H20F3N5O3S/c1-10-7-30-9-20(13(10)8-32-19(24)28-20)12-4-11(2-3-14(12)21)27-17(29)15-5-26-16(6-25-15)31-18(22)23/h2-6,10,13,18H,7-9H2,1H3,(H2,24,28)(H,27,29)/t10-,13-,20-/m1/s1. The Kier molecular flexibility index (Phi) is 6.24. The third-order valence-corrected chi connectivity index (χ3v) is 6.40. The Labute approximate surface area is 185 Å². The first kappa shape index (κ1) is 22.3. The van der Waals surface area contributed by atoms with Crippen LogP contribution in [0.3, 0.4) is 0 Å². The fourth-order valence-electron chi connectivity index (χ4n) is 3.97. The van der Waals surface area contributed by atoms with E-state index in [1.807, 2.05) is 6.92 Å². The van der Waals surface area contributed by atoms with E-state index in [-0.39, 0.29) is 29.7 Å². The van der Waals surface area contributed by atoms with Crippen molar-refractivity contribution in [1.82, 2.24) is 9.97 Å². The van der Waals surface area contributed by atoms with Gasteiger partial charge in [0.2, 0.25) is 5.88 Å². The van der Waals surface area contributed by atoms with Gasteiger partial charge in [-0.05, 0) is 24.1 Å².